The molecule has 0 aliphatic rings. The van der Waals surface area contributed by atoms with E-state index in [2.05, 4.69) is 0 Å². The molecule has 0 atom stereocenters. The van der Waals surface area contributed by atoms with Gasteiger partial charge in [-0.25, -0.2) is 0 Å². The lowest BCUT2D eigenvalue weighted by atomic mass is 10.3. The Morgan fingerprint density at radius 2 is 1.45 bits per heavy atom. The van der Waals surface area contributed by atoms with E-state index < -0.39 is 13.5 Å². The summed E-state index contributed by atoms with van der Waals surface area (Å²) in [6.45, 7) is 0. The van der Waals surface area contributed by atoms with Crippen LogP contribution in [0.4, 0.5) is 0 Å². The molecule has 0 fully saturated rings. The van der Waals surface area contributed by atoms with Crippen LogP contribution >= 0.6 is 69.6 Å². The molecular formula is C4H2Cl6O. The summed E-state index contributed by atoms with van der Waals surface area (Å²) in [5, 5.41) is 0. The van der Waals surface area contributed by atoms with Crippen LogP contribution in [0.3, 0.4) is 0 Å². The summed E-state index contributed by atoms with van der Waals surface area (Å²) in [5.41, 5.74) is 0. The van der Waals surface area contributed by atoms with Gasteiger partial charge in [0.2, 0.25) is 4.33 Å². The van der Waals surface area contributed by atoms with Crippen molar-refractivity contribution in [2.24, 2.45) is 0 Å². The first-order valence-corrected chi connectivity index (χ1v) is 4.64. The third kappa shape index (κ3) is 2.68. The van der Waals surface area contributed by atoms with E-state index in [4.69, 9.17) is 69.6 Å². The Kier molecular flexibility index (Phi) is 4.60. The molecule has 0 spiro atoms. The summed E-state index contributed by atoms with van der Waals surface area (Å²) in [6.07, 6.45) is 0.161. The van der Waals surface area contributed by atoms with Gasteiger partial charge in [0.15, 0.2) is 10.6 Å². The van der Waals surface area contributed by atoms with Crippen LogP contribution in [-0.4, -0.2) is 19.8 Å². The maximum absolute atomic E-state index is 10.2. The molecule has 0 amide bonds. The molecule has 66 valence electrons. The first-order valence-electron chi connectivity index (χ1n) is 2.26. The van der Waals surface area contributed by atoms with E-state index >= 15 is 0 Å². The van der Waals surface area contributed by atoms with Crippen LogP contribution in [0.25, 0.3) is 0 Å². The van der Waals surface area contributed by atoms with Crippen molar-refractivity contribution < 1.29 is 4.79 Å². The van der Waals surface area contributed by atoms with Crippen molar-refractivity contribution in [2.45, 2.75) is 13.5 Å². The fraction of sp³-hybridized carbons (Fsp3) is 0.750. The van der Waals surface area contributed by atoms with E-state index in [1.807, 2.05) is 0 Å². The number of hydrogen-bond donors (Lipinski definition) is 0. The molecule has 0 N–H and O–H groups in total. The van der Waals surface area contributed by atoms with Crippen molar-refractivity contribution in [1.29, 1.82) is 0 Å². The third-order valence-corrected chi connectivity index (χ3v) is 4.16. The Morgan fingerprint density at radius 3 is 1.55 bits per heavy atom. The summed E-state index contributed by atoms with van der Waals surface area (Å²) in [6, 6.07) is 0. The van der Waals surface area contributed by atoms with Gasteiger partial charge in [0.25, 0.3) is 0 Å². The largest absolute Gasteiger partial charge is 0.300 e. The molecule has 0 aliphatic heterocycles. The van der Waals surface area contributed by atoms with Crippen LogP contribution in [0, 0.1) is 0 Å². The van der Waals surface area contributed by atoms with Gasteiger partial charge in [-0.15, -0.1) is 23.2 Å². The molecule has 0 unspecified atom stereocenters. The van der Waals surface area contributed by atoms with Crippen LogP contribution in [0.5, 0.6) is 0 Å². The van der Waals surface area contributed by atoms with Crippen molar-refractivity contribution in [3.05, 3.63) is 0 Å². The second kappa shape index (κ2) is 4.08. The maximum Gasteiger partial charge on any atom is 0.208 e. The predicted octanol–water partition coefficient (Wildman–Crippen LogP) is 3.34. The Labute approximate surface area is 93.8 Å². The first kappa shape index (κ1) is 12.4. The maximum atomic E-state index is 10.2. The highest BCUT2D eigenvalue weighted by atomic mass is 35.5. The predicted molar refractivity (Wildman–Crippen MR) is 50.4 cm³/mol. The Balaban J connectivity index is 4.66. The summed E-state index contributed by atoms with van der Waals surface area (Å²) in [7, 11) is 0. The zero-order valence-corrected chi connectivity index (χ0v) is 9.37. The zero-order valence-electron chi connectivity index (χ0n) is 4.83. The molecule has 0 aromatic carbocycles. The molecule has 0 rings (SSSR count). The lowest BCUT2D eigenvalue weighted by Gasteiger charge is -2.28. The van der Waals surface area contributed by atoms with E-state index in [0.29, 0.717) is 0 Å². The third-order valence-electron chi connectivity index (χ3n) is 0.866. The number of alkyl halides is 6. The minimum absolute atomic E-state index is 0.161. The van der Waals surface area contributed by atoms with Crippen LogP contribution in [0.2, 0.25) is 0 Å². The Hall–Kier alpha value is 1.41. The minimum atomic E-state index is -2.01. The Morgan fingerprint density at radius 1 is 1.09 bits per heavy atom. The van der Waals surface area contributed by atoms with Gasteiger partial charge < -0.3 is 0 Å². The van der Waals surface area contributed by atoms with Crippen molar-refractivity contribution >= 4 is 75.9 Å². The molecule has 0 saturated carbocycles. The SMILES string of the molecule is O=CC(Cl)(Cl)C(Cl)(Cl)C(Cl)Cl. The molecule has 0 aromatic rings. The van der Waals surface area contributed by atoms with Gasteiger partial charge in [0, 0.05) is 0 Å². The molecule has 7 heteroatoms. The normalized spacial score (nSPS) is 13.7. The quantitative estimate of drug-likeness (QED) is 0.572. The average molecular weight is 279 g/mol. The van der Waals surface area contributed by atoms with Crippen molar-refractivity contribution in [3.63, 3.8) is 0 Å². The lowest BCUT2D eigenvalue weighted by Crippen LogP contribution is -2.42. The van der Waals surface area contributed by atoms with Crippen LogP contribution < -0.4 is 0 Å². The monoisotopic (exact) mass is 276 g/mol. The number of carbonyl (C=O) groups excluding carboxylic acids is 1. The molecule has 0 aromatic heterocycles. The molecule has 0 saturated heterocycles. The molecule has 0 heterocycles. The second-order valence-corrected chi connectivity index (χ2v) is 5.53. The van der Waals surface area contributed by atoms with Crippen LogP contribution in [-0.2, 0) is 4.79 Å². The van der Waals surface area contributed by atoms with Gasteiger partial charge in [-0.2, -0.15) is 0 Å². The zero-order chi connectivity index (χ0) is 9.28. The molecule has 0 aliphatic carbocycles. The van der Waals surface area contributed by atoms with Crippen molar-refractivity contribution in [3.8, 4) is 0 Å². The smallest absolute Gasteiger partial charge is 0.208 e. The summed E-state index contributed by atoms with van der Waals surface area (Å²) < 4.78 is -3.93. The molecule has 1 nitrogen and oxygen atoms in total. The number of rotatable bonds is 3. The van der Waals surface area contributed by atoms with Crippen LogP contribution in [0.15, 0.2) is 0 Å². The van der Waals surface area contributed by atoms with Gasteiger partial charge in [0.1, 0.15) is 4.84 Å². The number of carbonyl (C=O) groups is 1. The van der Waals surface area contributed by atoms with E-state index in [9.17, 15) is 4.79 Å². The van der Waals surface area contributed by atoms with Gasteiger partial charge in [-0.3, -0.25) is 4.79 Å². The van der Waals surface area contributed by atoms with E-state index in [1.165, 1.54) is 0 Å². The van der Waals surface area contributed by atoms with Gasteiger partial charge in [-0.05, 0) is 0 Å². The summed E-state index contributed by atoms with van der Waals surface area (Å²) in [4.78, 5) is 8.97. The molecule has 11 heavy (non-hydrogen) atoms. The fourth-order valence-corrected chi connectivity index (χ4v) is 1.10. The van der Waals surface area contributed by atoms with Crippen molar-refractivity contribution in [2.75, 3.05) is 0 Å². The van der Waals surface area contributed by atoms with E-state index in [-0.39, 0.29) is 6.29 Å². The minimum Gasteiger partial charge on any atom is -0.300 e. The number of hydrogen-bond acceptors (Lipinski definition) is 1. The average Bonchev–Trinajstić information content (AvgIpc) is 1.87. The number of halogens is 6. The molecule has 0 bridgehead atoms. The highest BCUT2D eigenvalue weighted by molar-refractivity contribution is 6.71. The number of aldehydes is 1. The fourth-order valence-electron chi connectivity index (χ4n) is 0.224. The van der Waals surface area contributed by atoms with E-state index in [1.54, 1.807) is 0 Å². The first-order chi connectivity index (χ1) is 4.75. The highest BCUT2D eigenvalue weighted by Crippen LogP contribution is 2.46. The standard InChI is InChI=1S/C4H2Cl6O/c5-2(6)4(9,10)3(7,8)1-11/h1-2H. The summed E-state index contributed by atoms with van der Waals surface area (Å²) in [5.74, 6) is 0. The van der Waals surface area contributed by atoms with Gasteiger partial charge in [0.05, 0.1) is 0 Å². The van der Waals surface area contributed by atoms with Crippen LogP contribution in [0.1, 0.15) is 0 Å². The highest BCUT2D eigenvalue weighted by Gasteiger charge is 2.52. The van der Waals surface area contributed by atoms with Gasteiger partial charge in [-0.1, -0.05) is 46.4 Å². The van der Waals surface area contributed by atoms with Gasteiger partial charge >= 0.3 is 0 Å². The second-order valence-electron chi connectivity index (χ2n) is 1.66. The van der Waals surface area contributed by atoms with E-state index in [0.717, 1.165) is 0 Å². The topological polar surface area (TPSA) is 17.1 Å². The van der Waals surface area contributed by atoms with Crippen molar-refractivity contribution in [1.82, 2.24) is 0 Å². The molecule has 0 radical (unpaired) electrons. The Bertz CT molecular complexity index is 153. The molecular weight excluding hydrogens is 277 g/mol. The summed E-state index contributed by atoms with van der Waals surface area (Å²) >= 11 is 32.3. The lowest BCUT2D eigenvalue weighted by molar-refractivity contribution is -0.108.